The van der Waals surface area contributed by atoms with Gasteiger partial charge in [0.25, 0.3) is 0 Å². The maximum Gasteiger partial charge on any atom is 0.329 e. The predicted molar refractivity (Wildman–Crippen MR) is 93.0 cm³/mol. The number of rotatable bonds is 5. The highest BCUT2D eigenvalue weighted by Gasteiger charge is 2.42. The number of amides is 1. The zero-order valence-electron chi connectivity index (χ0n) is 13.5. The summed E-state index contributed by atoms with van der Waals surface area (Å²) in [5.41, 5.74) is 1.77. The van der Waals surface area contributed by atoms with Gasteiger partial charge >= 0.3 is 5.97 Å². The van der Waals surface area contributed by atoms with Crippen LogP contribution in [-0.2, 0) is 16.0 Å². The lowest BCUT2D eigenvalue weighted by Gasteiger charge is -2.25. The highest BCUT2D eigenvalue weighted by atomic mass is 32.1. The summed E-state index contributed by atoms with van der Waals surface area (Å²) in [5, 5.41) is 14.9. The number of nitrogens with zero attached hydrogens (tertiary/aromatic N) is 1. The van der Waals surface area contributed by atoms with Crippen molar-refractivity contribution in [2.75, 3.05) is 0 Å². The summed E-state index contributed by atoms with van der Waals surface area (Å²) in [4.78, 5) is 28.3. The molecule has 0 radical (unpaired) electrons. The summed E-state index contributed by atoms with van der Waals surface area (Å²) < 4.78 is 0. The van der Waals surface area contributed by atoms with Gasteiger partial charge in [0.15, 0.2) is 0 Å². The van der Waals surface area contributed by atoms with Crippen molar-refractivity contribution in [3.05, 3.63) is 40.9 Å². The summed E-state index contributed by atoms with van der Waals surface area (Å²) in [6, 6.07) is 8.06. The van der Waals surface area contributed by atoms with Gasteiger partial charge in [-0.05, 0) is 25.8 Å². The third-order valence-corrected chi connectivity index (χ3v) is 5.34. The van der Waals surface area contributed by atoms with Crippen LogP contribution in [0.4, 0.5) is 0 Å². The predicted octanol–water partition coefficient (Wildman–Crippen LogP) is 3.17. The molecule has 0 saturated heterocycles. The van der Waals surface area contributed by atoms with Crippen LogP contribution in [0.5, 0.6) is 0 Å². The second kappa shape index (κ2) is 6.73. The Morgan fingerprint density at radius 2 is 2.08 bits per heavy atom. The van der Waals surface area contributed by atoms with Crippen LogP contribution in [0.25, 0.3) is 10.6 Å². The second-order valence-electron chi connectivity index (χ2n) is 6.33. The van der Waals surface area contributed by atoms with E-state index < -0.39 is 11.5 Å². The van der Waals surface area contributed by atoms with E-state index in [0.717, 1.165) is 29.0 Å². The monoisotopic (exact) mass is 344 g/mol. The zero-order chi connectivity index (χ0) is 17.2. The molecule has 2 N–H and O–H groups in total. The lowest BCUT2D eigenvalue weighted by molar-refractivity contribution is -0.147. The van der Waals surface area contributed by atoms with Crippen LogP contribution in [0.2, 0.25) is 0 Å². The molecule has 1 fully saturated rings. The van der Waals surface area contributed by atoms with Gasteiger partial charge in [-0.15, -0.1) is 11.3 Å². The largest absolute Gasteiger partial charge is 0.480 e. The minimum Gasteiger partial charge on any atom is -0.480 e. The van der Waals surface area contributed by atoms with Crippen molar-refractivity contribution in [1.29, 1.82) is 0 Å². The number of carbonyl (C=O) groups is 2. The highest BCUT2D eigenvalue weighted by molar-refractivity contribution is 7.13. The Morgan fingerprint density at radius 1 is 1.33 bits per heavy atom. The Kier molecular flexibility index (Phi) is 4.66. The fraction of sp³-hybridized carbons (Fsp3) is 0.389. The molecule has 1 aromatic carbocycles. The molecule has 0 spiro atoms. The van der Waals surface area contributed by atoms with Crippen LogP contribution in [-0.4, -0.2) is 27.5 Å². The molecule has 1 amide bonds. The van der Waals surface area contributed by atoms with E-state index in [-0.39, 0.29) is 12.3 Å². The minimum atomic E-state index is -1.09. The van der Waals surface area contributed by atoms with Crippen molar-refractivity contribution in [2.24, 2.45) is 0 Å². The van der Waals surface area contributed by atoms with Gasteiger partial charge in [0.05, 0.1) is 12.1 Å². The van der Waals surface area contributed by atoms with Gasteiger partial charge in [-0.25, -0.2) is 9.78 Å². The average Bonchev–Trinajstić information content (AvgIpc) is 3.17. The van der Waals surface area contributed by atoms with Crippen molar-refractivity contribution < 1.29 is 14.7 Å². The highest BCUT2D eigenvalue weighted by Crippen LogP contribution is 2.30. The van der Waals surface area contributed by atoms with Gasteiger partial charge in [0, 0.05) is 10.9 Å². The van der Waals surface area contributed by atoms with Gasteiger partial charge in [0.1, 0.15) is 10.5 Å². The number of hydrogen-bond acceptors (Lipinski definition) is 4. The molecule has 1 aliphatic carbocycles. The molecule has 3 rings (SSSR count). The van der Waals surface area contributed by atoms with E-state index in [1.165, 1.54) is 11.3 Å². The second-order valence-corrected chi connectivity index (χ2v) is 7.19. The van der Waals surface area contributed by atoms with Crippen molar-refractivity contribution >= 4 is 23.2 Å². The van der Waals surface area contributed by atoms with E-state index in [1.54, 1.807) is 0 Å². The van der Waals surface area contributed by atoms with Crippen molar-refractivity contribution in [1.82, 2.24) is 10.3 Å². The van der Waals surface area contributed by atoms with E-state index in [4.69, 9.17) is 0 Å². The number of carboxylic acid groups (broad SMARTS) is 1. The molecule has 6 heteroatoms. The molecular weight excluding hydrogens is 324 g/mol. The Bertz CT molecular complexity index is 763. The fourth-order valence-corrected chi connectivity index (χ4v) is 3.96. The molecule has 126 valence electrons. The molecule has 0 bridgehead atoms. The van der Waals surface area contributed by atoms with Crippen molar-refractivity contribution in [3.8, 4) is 10.6 Å². The van der Waals surface area contributed by atoms with Crippen LogP contribution in [0.1, 0.15) is 36.9 Å². The van der Waals surface area contributed by atoms with Gasteiger partial charge in [0.2, 0.25) is 5.91 Å². The SMILES string of the molecule is Cc1cccc(-c2nc(CC(=O)NC3(C(=O)O)CCCC3)cs2)c1. The Balaban J connectivity index is 1.68. The molecule has 0 atom stereocenters. The number of thiazole rings is 1. The molecule has 1 saturated carbocycles. The van der Waals surface area contributed by atoms with E-state index in [9.17, 15) is 14.7 Å². The summed E-state index contributed by atoms with van der Waals surface area (Å²) in [7, 11) is 0. The topological polar surface area (TPSA) is 79.3 Å². The number of aromatic nitrogens is 1. The molecule has 0 aliphatic heterocycles. The number of hydrogen-bond donors (Lipinski definition) is 2. The summed E-state index contributed by atoms with van der Waals surface area (Å²) in [5.74, 6) is -1.22. The number of nitrogens with one attached hydrogen (secondary N) is 1. The average molecular weight is 344 g/mol. The maximum absolute atomic E-state index is 12.3. The Hall–Kier alpha value is -2.21. The minimum absolute atomic E-state index is 0.108. The maximum atomic E-state index is 12.3. The van der Waals surface area contributed by atoms with Crippen molar-refractivity contribution in [3.63, 3.8) is 0 Å². The van der Waals surface area contributed by atoms with Crippen LogP contribution < -0.4 is 5.32 Å². The third-order valence-electron chi connectivity index (χ3n) is 4.40. The summed E-state index contributed by atoms with van der Waals surface area (Å²) in [6.07, 6.45) is 2.78. The van der Waals surface area contributed by atoms with E-state index in [2.05, 4.69) is 16.4 Å². The molecule has 24 heavy (non-hydrogen) atoms. The zero-order valence-corrected chi connectivity index (χ0v) is 14.4. The Morgan fingerprint density at radius 3 is 2.75 bits per heavy atom. The molecule has 1 aromatic heterocycles. The first kappa shape index (κ1) is 16.6. The Labute approximate surface area is 144 Å². The van der Waals surface area contributed by atoms with E-state index in [0.29, 0.717) is 18.5 Å². The summed E-state index contributed by atoms with van der Waals surface area (Å²) in [6.45, 7) is 2.03. The lowest BCUT2D eigenvalue weighted by Crippen LogP contribution is -2.52. The standard InChI is InChI=1S/C18H20N2O3S/c1-12-5-4-6-13(9-12)16-19-14(11-24-16)10-15(21)20-18(17(22)23)7-2-3-8-18/h4-6,9,11H,2-3,7-8,10H2,1H3,(H,20,21)(H,22,23). The smallest absolute Gasteiger partial charge is 0.329 e. The molecule has 0 unspecified atom stereocenters. The molecular formula is C18H20N2O3S. The van der Waals surface area contributed by atoms with Crippen LogP contribution in [0.15, 0.2) is 29.6 Å². The quantitative estimate of drug-likeness (QED) is 0.873. The van der Waals surface area contributed by atoms with Crippen LogP contribution >= 0.6 is 11.3 Å². The number of benzene rings is 1. The van der Waals surface area contributed by atoms with Crippen LogP contribution in [0.3, 0.4) is 0 Å². The lowest BCUT2D eigenvalue weighted by atomic mass is 9.97. The first-order valence-corrected chi connectivity index (χ1v) is 8.92. The fourth-order valence-electron chi connectivity index (χ4n) is 3.15. The van der Waals surface area contributed by atoms with E-state index >= 15 is 0 Å². The normalized spacial score (nSPS) is 16.0. The third kappa shape index (κ3) is 3.48. The van der Waals surface area contributed by atoms with Crippen LogP contribution in [0, 0.1) is 6.92 Å². The first-order valence-electron chi connectivity index (χ1n) is 8.04. The van der Waals surface area contributed by atoms with Gasteiger partial charge < -0.3 is 10.4 Å². The van der Waals surface area contributed by atoms with Crippen molar-refractivity contribution in [2.45, 2.75) is 44.6 Å². The molecule has 2 aromatic rings. The molecule has 1 heterocycles. The summed E-state index contributed by atoms with van der Waals surface area (Å²) >= 11 is 1.49. The molecule has 5 nitrogen and oxygen atoms in total. The van der Waals surface area contributed by atoms with E-state index in [1.807, 2.05) is 30.5 Å². The number of carbonyl (C=O) groups excluding carboxylic acids is 1. The number of aryl methyl sites for hydroxylation is 1. The number of carboxylic acids is 1. The van der Waals surface area contributed by atoms with Gasteiger partial charge in [-0.2, -0.15) is 0 Å². The first-order chi connectivity index (χ1) is 11.5. The van der Waals surface area contributed by atoms with Gasteiger partial charge in [-0.3, -0.25) is 4.79 Å². The molecule has 1 aliphatic rings. The van der Waals surface area contributed by atoms with Gasteiger partial charge in [-0.1, -0.05) is 36.6 Å². The number of aliphatic carboxylic acids is 1.